The van der Waals surface area contributed by atoms with Crippen molar-refractivity contribution in [3.63, 3.8) is 0 Å². The van der Waals surface area contributed by atoms with Gasteiger partial charge >= 0.3 is 5.97 Å². The fourth-order valence-electron chi connectivity index (χ4n) is 2.91. The first-order chi connectivity index (χ1) is 10.3. The van der Waals surface area contributed by atoms with Gasteiger partial charge in [-0.3, -0.25) is 9.69 Å². The van der Waals surface area contributed by atoms with E-state index in [1.807, 2.05) is 37.3 Å². The average Bonchev–Trinajstić information content (AvgIpc) is 2.42. The maximum Gasteiger partial charge on any atom is 0.304 e. The summed E-state index contributed by atoms with van der Waals surface area (Å²) >= 11 is 0. The molecule has 0 aromatic heterocycles. The minimum Gasteiger partial charge on any atom is -0.481 e. The second kappa shape index (κ2) is 6.76. The minimum atomic E-state index is -3.31. The maximum atomic E-state index is 11.8. The molecule has 1 aromatic carbocycles. The quantitative estimate of drug-likeness (QED) is 0.873. The molecule has 1 heterocycles. The summed E-state index contributed by atoms with van der Waals surface area (Å²) in [4.78, 5) is 13.2. The predicted molar refractivity (Wildman–Crippen MR) is 83.9 cm³/mol. The van der Waals surface area contributed by atoms with Gasteiger partial charge in [-0.2, -0.15) is 4.31 Å². The molecule has 0 saturated carbocycles. The molecule has 0 amide bonds. The number of carbonyl (C=O) groups is 1. The molecule has 7 heteroatoms. The van der Waals surface area contributed by atoms with Gasteiger partial charge < -0.3 is 5.11 Å². The van der Waals surface area contributed by atoms with Gasteiger partial charge in [-0.1, -0.05) is 30.3 Å². The Bertz CT molecular complexity index is 618. The van der Waals surface area contributed by atoms with Crippen LogP contribution in [0.1, 0.15) is 18.9 Å². The highest BCUT2D eigenvalue weighted by molar-refractivity contribution is 7.88. The molecular weight excluding hydrogens is 304 g/mol. The number of rotatable bonds is 5. The van der Waals surface area contributed by atoms with Gasteiger partial charge in [0.2, 0.25) is 10.0 Å². The van der Waals surface area contributed by atoms with Gasteiger partial charge in [0.15, 0.2) is 0 Å². The van der Waals surface area contributed by atoms with E-state index in [-0.39, 0.29) is 25.0 Å². The summed E-state index contributed by atoms with van der Waals surface area (Å²) in [6.45, 7) is 3.18. The van der Waals surface area contributed by atoms with Crippen molar-refractivity contribution in [3.8, 4) is 0 Å². The van der Waals surface area contributed by atoms with Gasteiger partial charge in [0.25, 0.3) is 0 Å². The molecule has 0 spiro atoms. The smallest absolute Gasteiger partial charge is 0.304 e. The van der Waals surface area contributed by atoms with Crippen molar-refractivity contribution in [2.24, 2.45) is 0 Å². The first-order valence-corrected chi connectivity index (χ1v) is 9.09. The van der Waals surface area contributed by atoms with Crippen LogP contribution in [-0.2, 0) is 21.4 Å². The summed E-state index contributed by atoms with van der Waals surface area (Å²) in [7, 11) is -3.31. The number of sulfonamides is 1. The van der Waals surface area contributed by atoms with E-state index in [0.717, 1.165) is 5.56 Å². The third kappa shape index (κ3) is 4.28. The lowest BCUT2D eigenvalue weighted by Gasteiger charge is -2.44. The molecule has 1 saturated heterocycles. The summed E-state index contributed by atoms with van der Waals surface area (Å²) in [5, 5.41) is 9.13. The van der Waals surface area contributed by atoms with Crippen molar-refractivity contribution >= 4 is 16.0 Å². The van der Waals surface area contributed by atoms with E-state index in [9.17, 15) is 13.2 Å². The van der Waals surface area contributed by atoms with E-state index in [2.05, 4.69) is 4.90 Å². The molecule has 2 rings (SSSR count). The van der Waals surface area contributed by atoms with Crippen molar-refractivity contribution in [1.82, 2.24) is 9.21 Å². The van der Waals surface area contributed by atoms with Crippen LogP contribution in [0.15, 0.2) is 30.3 Å². The van der Waals surface area contributed by atoms with Crippen LogP contribution in [0.4, 0.5) is 0 Å². The number of carboxylic acid groups (broad SMARTS) is 1. The molecular formula is C15H22N2O4S. The van der Waals surface area contributed by atoms with Crippen LogP contribution >= 0.6 is 0 Å². The van der Waals surface area contributed by atoms with E-state index in [0.29, 0.717) is 13.1 Å². The molecule has 6 nitrogen and oxygen atoms in total. The molecule has 1 fully saturated rings. The molecule has 0 radical (unpaired) electrons. The number of aliphatic carboxylic acids is 1. The SMILES string of the molecule is C[C@H]1CN(S(C)(=O)=O)C[C@@H](CC(=O)O)N1Cc1ccccc1. The van der Waals surface area contributed by atoms with E-state index >= 15 is 0 Å². The Morgan fingerprint density at radius 1 is 1.27 bits per heavy atom. The fraction of sp³-hybridized carbons (Fsp3) is 0.533. The minimum absolute atomic E-state index is 0.0342. The number of piperazine rings is 1. The molecule has 22 heavy (non-hydrogen) atoms. The Balaban J connectivity index is 2.20. The zero-order chi connectivity index (χ0) is 16.3. The zero-order valence-corrected chi connectivity index (χ0v) is 13.7. The monoisotopic (exact) mass is 326 g/mol. The third-order valence-corrected chi connectivity index (χ3v) is 5.24. The summed E-state index contributed by atoms with van der Waals surface area (Å²) in [5.41, 5.74) is 1.09. The normalized spacial score (nSPS) is 24.3. The first kappa shape index (κ1) is 16.9. The summed E-state index contributed by atoms with van der Waals surface area (Å²) in [6.07, 6.45) is 1.10. The number of nitrogens with zero attached hydrogens (tertiary/aromatic N) is 2. The topological polar surface area (TPSA) is 77.9 Å². The van der Waals surface area contributed by atoms with Gasteiger partial charge in [-0.15, -0.1) is 0 Å². The second-order valence-electron chi connectivity index (χ2n) is 5.84. The third-order valence-electron chi connectivity index (χ3n) is 4.00. The standard InChI is InChI=1S/C15H22N2O4S/c1-12-9-16(22(2,20)21)11-14(8-15(18)19)17(12)10-13-6-4-3-5-7-13/h3-7,12,14H,8-11H2,1-2H3,(H,18,19)/t12-,14+/m0/s1. The molecule has 2 atom stereocenters. The van der Waals surface area contributed by atoms with Crippen molar-refractivity contribution < 1.29 is 18.3 Å². The van der Waals surface area contributed by atoms with Crippen molar-refractivity contribution in [3.05, 3.63) is 35.9 Å². The van der Waals surface area contributed by atoms with Gasteiger partial charge in [-0.25, -0.2) is 8.42 Å². The highest BCUT2D eigenvalue weighted by atomic mass is 32.2. The molecule has 1 aliphatic heterocycles. The molecule has 1 aliphatic rings. The molecule has 0 bridgehead atoms. The van der Waals surface area contributed by atoms with Crippen LogP contribution in [0, 0.1) is 0 Å². The molecule has 122 valence electrons. The molecule has 0 aliphatic carbocycles. The number of carboxylic acids is 1. The van der Waals surface area contributed by atoms with Crippen LogP contribution in [0.25, 0.3) is 0 Å². The number of hydrogen-bond donors (Lipinski definition) is 1. The second-order valence-corrected chi connectivity index (χ2v) is 7.82. The lowest BCUT2D eigenvalue weighted by Crippen LogP contribution is -2.58. The van der Waals surface area contributed by atoms with E-state index in [1.54, 1.807) is 0 Å². The number of benzene rings is 1. The van der Waals surface area contributed by atoms with E-state index in [4.69, 9.17) is 5.11 Å². The first-order valence-electron chi connectivity index (χ1n) is 7.24. The number of hydrogen-bond acceptors (Lipinski definition) is 4. The maximum absolute atomic E-state index is 11.8. The largest absolute Gasteiger partial charge is 0.481 e. The summed E-state index contributed by atoms with van der Waals surface area (Å²) in [6, 6.07) is 9.45. The lowest BCUT2D eigenvalue weighted by molar-refractivity contribution is -0.139. The summed E-state index contributed by atoms with van der Waals surface area (Å²) < 4.78 is 25.0. The highest BCUT2D eigenvalue weighted by Crippen LogP contribution is 2.22. The highest BCUT2D eigenvalue weighted by Gasteiger charge is 2.36. The van der Waals surface area contributed by atoms with Gasteiger partial charge in [0, 0.05) is 31.7 Å². The Morgan fingerprint density at radius 2 is 1.91 bits per heavy atom. The predicted octanol–water partition coefficient (Wildman–Crippen LogP) is 0.996. The van der Waals surface area contributed by atoms with Crippen molar-refractivity contribution in [1.29, 1.82) is 0 Å². The van der Waals surface area contributed by atoms with Crippen LogP contribution in [0.2, 0.25) is 0 Å². The Labute approximate surface area is 131 Å². The Hall–Kier alpha value is -1.44. The molecule has 0 unspecified atom stereocenters. The van der Waals surface area contributed by atoms with Gasteiger partial charge in [0.1, 0.15) is 0 Å². The Kier molecular flexibility index (Phi) is 5.20. The van der Waals surface area contributed by atoms with Crippen molar-refractivity contribution in [2.75, 3.05) is 19.3 Å². The van der Waals surface area contributed by atoms with Crippen LogP contribution < -0.4 is 0 Å². The molecule has 1 N–H and O–H groups in total. The van der Waals surface area contributed by atoms with E-state index < -0.39 is 16.0 Å². The van der Waals surface area contributed by atoms with Crippen LogP contribution in [-0.4, -0.2) is 60.1 Å². The van der Waals surface area contributed by atoms with Crippen LogP contribution in [0.5, 0.6) is 0 Å². The summed E-state index contributed by atoms with van der Waals surface area (Å²) in [5.74, 6) is -0.911. The fourth-order valence-corrected chi connectivity index (χ4v) is 3.84. The Morgan fingerprint density at radius 3 is 2.45 bits per heavy atom. The van der Waals surface area contributed by atoms with E-state index in [1.165, 1.54) is 10.6 Å². The van der Waals surface area contributed by atoms with Gasteiger partial charge in [-0.05, 0) is 12.5 Å². The zero-order valence-electron chi connectivity index (χ0n) is 12.8. The van der Waals surface area contributed by atoms with Crippen LogP contribution in [0.3, 0.4) is 0 Å². The molecule has 1 aromatic rings. The average molecular weight is 326 g/mol. The lowest BCUT2D eigenvalue weighted by atomic mass is 10.0. The van der Waals surface area contributed by atoms with Gasteiger partial charge in [0.05, 0.1) is 12.7 Å². The van der Waals surface area contributed by atoms with Crippen molar-refractivity contribution in [2.45, 2.75) is 32.0 Å².